The molecule has 4 nitrogen and oxygen atoms in total. The minimum absolute atomic E-state index is 0.676. The highest BCUT2D eigenvalue weighted by Gasteiger charge is 2.35. The van der Waals surface area contributed by atoms with E-state index in [4.69, 9.17) is 4.98 Å². The maximum absolute atomic E-state index is 4.71. The van der Waals surface area contributed by atoms with Gasteiger partial charge in [-0.1, -0.05) is 11.8 Å². The number of hydrogen-bond donors (Lipinski definition) is 2. The van der Waals surface area contributed by atoms with Gasteiger partial charge < -0.3 is 15.2 Å². The quantitative estimate of drug-likeness (QED) is 0.900. The molecular weight excluding hydrogens is 280 g/mol. The standard InChI is InChI=1S/C16H26N4S/c1-3-16(5-7-17-8-6-16)4-2-13(1)18-11-14-12-20-9-10-21-15(20)19-14/h12-13,17-18H,1-11H2. The van der Waals surface area contributed by atoms with Crippen molar-refractivity contribution in [1.29, 1.82) is 0 Å². The van der Waals surface area contributed by atoms with Crippen LogP contribution in [0.25, 0.3) is 0 Å². The number of aryl methyl sites for hydroxylation is 1. The highest BCUT2D eigenvalue weighted by molar-refractivity contribution is 7.99. The molecule has 0 aromatic carbocycles. The normalized spacial score (nSPS) is 25.3. The third-order valence-electron chi connectivity index (χ3n) is 5.64. The minimum atomic E-state index is 0.676. The van der Waals surface area contributed by atoms with Gasteiger partial charge in [-0.05, 0) is 57.0 Å². The molecule has 4 rings (SSSR count). The molecule has 1 aromatic heterocycles. The summed E-state index contributed by atoms with van der Waals surface area (Å²) in [7, 11) is 0. The van der Waals surface area contributed by atoms with Crippen molar-refractivity contribution in [2.24, 2.45) is 5.41 Å². The van der Waals surface area contributed by atoms with Gasteiger partial charge in [-0.25, -0.2) is 4.98 Å². The van der Waals surface area contributed by atoms with Crippen LogP contribution in [0.1, 0.15) is 44.2 Å². The van der Waals surface area contributed by atoms with Crippen LogP contribution in [0.5, 0.6) is 0 Å². The molecule has 1 aliphatic carbocycles. The van der Waals surface area contributed by atoms with E-state index in [0.29, 0.717) is 11.5 Å². The average Bonchev–Trinajstić information content (AvgIpc) is 3.09. The van der Waals surface area contributed by atoms with Crippen LogP contribution < -0.4 is 10.6 Å². The predicted octanol–water partition coefficient (Wildman–Crippen LogP) is 2.39. The number of piperidine rings is 1. The number of rotatable bonds is 3. The monoisotopic (exact) mass is 306 g/mol. The maximum Gasteiger partial charge on any atom is 0.168 e. The number of imidazole rings is 1. The summed E-state index contributed by atoms with van der Waals surface area (Å²) in [5, 5.41) is 8.46. The number of nitrogens with zero attached hydrogens (tertiary/aromatic N) is 2. The van der Waals surface area contributed by atoms with E-state index in [1.54, 1.807) is 0 Å². The third kappa shape index (κ3) is 3.01. The van der Waals surface area contributed by atoms with Crippen LogP contribution in [-0.4, -0.2) is 34.4 Å². The molecule has 21 heavy (non-hydrogen) atoms. The Bertz CT molecular complexity index is 461. The molecule has 0 bridgehead atoms. The molecule has 1 spiro atoms. The van der Waals surface area contributed by atoms with Crippen molar-refractivity contribution in [3.63, 3.8) is 0 Å². The van der Waals surface area contributed by atoms with Crippen LogP contribution in [0.2, 0.25) is 0 Å². The fourth-order valence-corrected chi connectivity index (χ4v) is 5.15. The van der Waals surface area contributed by atoms with Crippen molar-refractivity contribution < 1.29 is 0 Å². The van der Waals surface area contributed by atoms with Crippen molar-refractivity contribution >= 4 is 11.8 Å². The van der Waals surface area contributed by atoms with Crippen LogP contribution in [-0.2, 0) is 13.1 Å². The number of thioether (sulfide) groups is 1. The lowest BCUT2D eigenvalue weighted by molar-refractivity contribution is 0.115. The molecule has 0 unspecified atom stereocenters. The molecule has 1 saturated carbocycles. The van der Waals surface area contributed by atoms with E-state index in [9.17, 15) is 0 Å². The van der Waals surface area contributed by atoms with Gasteiger partial charge in [0.1, 0.15) is 0 Å². The molecule has 2 fully saturated rings. The molecular formula is C16H26N4S. The first-order valence-corrected chi connectivity index (χ1v) is 9.45. The van der Waals surface area contributed by atoms with E-state index in [1.807, 2.05) is 11.8 Å². The zero-order valence-corrected chi connectivity index (χ0v) is 13.6. The predicted molar refractivity (Wildman–Crippen MR) is 86.6 cm³/mol. The highest BCUT2D eigenvalue weighted by atomic mass is 32.2. The molecule has 3 heterocycles. The molecule has 5 heteroatoms. The number of hydrogen-bond acceptors (Lipinski definition) is 4. The number of aromatic nitrogens is 2. The Kier molecular flexibility index (Phi) is 3.98. The third-order valence-corrected chi connectivity index (χ3v) is 6.61. The van der Waals surface area contributed by atoms with Gasteiger partial charge in [0.05, 0.1) is 5.69 Å². The van der Waals surface area contributed by atoms with Gasteiger partial charge >= 0.3 is 0 Å². The van der Waals surface area contributed by atoms with Gasteiger partial charge in [-0.15, -0.1) is 0 Å². The van der Waals surface area contributed by atoms with Gasteiger partial charge in [0.25, 0.3) is 0 Å². The van der Waals surface area contributed by atoms with Gasteiger partial charge in [0.15, 0.2) is 5.16 Å². The van der Waals surface area contributed by atoms with E-state index in [0.717, 1.165) is 13.1 Å². The SMILES string of the molecule is c1c(CNC2CCC3(CCNCC3)CC2)nc2n1CCS2. The van der Waals surface area contributed by atoms with Crippen molar-refractivity contribution in [3.05, 3.63) is 11.9 Å². The molecule has 0 atom stereocenters. The summed E-state index contributed by atoms with van der Waals surface area (Å²) in [5.41, 5.74) is 1.90. The zero-order chi connectivity index (χ0) is 14.1. The summed E-state index contributed by atoms with van der Waals surface area (Å²) >= 11 is 1.88. The van der Waals surface area contributed by atoms with Crippen LogP contribution in [0.4, 0.5) is 0 Å². The summed E-state index contributed by atoms with van der Waals surface area (Å²) in [6.07, 6.45) is 10.6. The van der Waals surface area contributed by atoms with Crippen molar-refractivity contribution in [2.45, 2.75) is 62.8 Å². The maximum atomic E-state index is 4.71. The lowest BCUT2D eigenvalue weighted by Crippen LogP contribution is -2.43. The Morgan fingerprint density at radius 3 is 2.86 bits per heavy atom. The summed E-state index contributed by atoms with van der Waals surface area (Å²) < 4.78 is 2.30. The fourth-order valence-electron chi connectivity index (χ4n) is 4.19. The van der Waals surface area contributed by atoms with Crippen molar-refractivity contribution in [1.82, 2.24) is 20.2 Å². The Balaban J connectivity index is 1.27. The van der Waals surface area contributed by atoms with E-state index < -0.39 is 0 Å². The molecule has 2 N–H and O–H groups in total. The molecule has 1 aromatic rings. The highest BCUT2D eigenvalue weighted by Crippen LogP contribution is 2.43. The largest absolute Gasteiger partial charge is 0.325 e. The fraction of sp³-hybridized carbons (Fsp3) is 0.812. The second kappa shape index (κ2) is 5.94. The van der Waals surface area contributed by atoms with Crippen LogP contribution in [0.3, 0.4) is 0 Å². The first-order valence-electron chi connectivity index (χ1n) is 8.46. The Hall–Kier alpha value is -0.520. The molecule has 3 aliphatic rings. The lowest BCUT2D eigenvalue weighted by Gasteiger charge is -2.43. The second-order valence-corrected chi connectivity index (χ2v) is 8.02. The van der Waals surface area contributed by atoms with Gasteiger partial charge in [0, 0.05) is 31.1 Å². The van der Waals surface area contributed by atoms with Gasteiger partial charge in [-0.3, -0.25) is 0 Å². The topological polar surface area (TPSA) is 41.9 Å². The average molecular weight is 306 g/mol. The number of nitrogens with one attached hydrogen (secondary N) is 2. The number of fused-ring (bicyclic) bond motifs is 1. The Morgan fingerprint density at radius 1 is 1.29 bits per heavy atom. The minimum Gasteiger partial charge on any atom is -0.325 e. The first kappa shape index (κ1) is 14.1. The summed E-state index contributed by atoms with van der Waals surface area (Å²) in [5.74, 6) is 1.19. The van der Waals surface area contributed by atoms with Gasteiger partial charge in [-0.2, -0.15) is 0 Å². The van der Waals surface area contributed by atoms with E-state index in [2.05, 4.69) is 21.4 Å². The molecule has 1 saturated heterocycles. The summed E-state index contributed by atoms with van der Waals surface area (Å²) in [6.45, 7) is 4.54. The van der Waals surface area contributed by atoms with E-state index in [-0.39, 0.29) is 0 Å². The molecule has 2 aliphatic heterocycles. The van der Waals surface area contributed by atoms with E-state index in [1.165, 1.54) is 68.2 Å². The van der Waals surface area contributed by atoms with Crippen LogP contribution >= 0.6 is 11.8 Å². The van der Waals surface area contributed by atoms with Gasteiger partial charge in [0.2, 0.25) is 0 Å². The molecule has 0 amide bonds. The van der Waals surface area contributed by atoms with Crippen LogP contribution in [0.15, 0.2) is 11.4 Å². The van der Waals surface area contributed by atoms with Crippen molar-refractivity contribution in [3.8, 4) is 0 Å². The summed E-state index contributed by atoms with van der Waals surface area (Å²) in [6, 6.07) is 0.703. The molecule has 116 valence electrons. The smallest absolute Gasteiger partial charge is 0.168 e. The van der Waals surface area contributed by atoms with E-state index >= 15 is 0 Å². The van der Waals surface area contributed by atoms with Crippen LogP contribution in [0, 0.1) is 5.41 Å². The zero-order valence-electron chi connectivity index (χ0n) is 12.7. The Morgan fingerprint density at radius 2 is 2.10 bits per heavy atom. The lowest BCUT2D eigenvalue weighted by atomic mass is 9.67. The van der Waals surface area contributed by atoms with Crippen molar-refractivity contribution in [2.75, 3.05) is 18.8 Å². The first-order chi connectivity index (χ1) is 10.3. The second-order valence-electron chi connectivity index (χ2n) is 6.96. The Labute approximate surface area is 131 Å². The molecule has 0 radical (unpaired) electrons. The summed E-state index contributed by atoms with van der Waals surface area (Å²) in [4.78, 5) is 4.71.